The molecule has 0 radical (unpaired) electrons. The van der Waals surface area contributed by atoms with Gasteiger partial charge in [-0.2, -0.15) is 0 Å². The van der Waals surface area contributed by atoms with Crippen molar-refractivity contribution in [2.45, 2.75) is 46.5 Å². The summed E-state index contributed by atoms with van der Waals surface area (Å²) in [7, 11) is 0. The number of Topliss-reactive ketones (excluding diaryl/α,β-unsaturated/α-hetero) is 1. The van der Waals surface area contributed by atoms with Crippen molar-refractivity contribution in [3.05, 3.63) is 0 Å². The Hall–Kier alpha value is -0.860. The zero-order valence-corrected chi connectivity index (χ0v) is 9.09. The highest BCUT2D eigenvalue weighted by Crippen LogP contribution is 2.44. The molecule has 0 aromatic heterocycles. The van der Waals surface area contributed by atoms with Crippen LogP contribution < -0.4 is 0 Å². The smallest absolute Gasteiger partial charge is 0.304 e. The van der Waals surface area contributed by atoms with Crippen molar-refractivity contribution in [2.75, 3.05) is 0 Å². The number of hydrogen-bond donors (Lipinski definition) is 1. The first-order chi connectivity index (χ1) is 6.25. The summed E-state index contributed by atoms with van der Waals surface area (Å²) in [4.78, 5) is 22.4. The van der Waals surface area contributed by atoms with E-state index < -0.39 is 11.4 Å². The molecule has 0 spiro atoms. The fourth-order valence-corrected chi connectivity index (χ4v) is 2.01. The van der Waals surface area contributed by atoms with Gasteiger partial charge in [0.2, 0.25) is 0 Å². The number of aliphatic carboxylic acids is 1. The Morgan fingerprint density at radius 1 is 1.36 bits per heavy atom. The molecule has 14 heavy (non-hydrogen) atoms. The lowest BCUT2D eigenvalue weighted by Crippen LogP contribution is -2.39. The van der Waals surface area contributed by atoms with E-state index >= 15 is 0 Å². The Balaban J connectivity index is 2.74. The third-order valence-corrected chi connectivity index (χ3v) is 3.21. The molecule has 1 rings (SSSR count). The van der Waals surface area contributed by atoms with Crippen molar-refractivity contribution < 1.29 is 14.7 Å². The minimum absolute atomic E-state index is 0.0259. The normalized spacial score (nSPS) is 31.5. The zero-order chi connectivity index (χ0) is 11.0. The number of carbonyl (C=O) groups is 2. The van der Waals surface area contributed by atoms with Crippen LogP contribution in [0.2, 0.25) is 0 Å². The van der Waals surface area contributed by atoms with Crippen molar-refractivity contribution >= 4 is 11.8 Å². The number of carboxylic acid groups (broad SMARTS) is 1. The molecule has 1 fully saturated rings. The summed E-state index contributed by atoms with van der Waals surface area (Å²) in [5.41, 5.74) is -0.573. The maximum Gasteiger partial charge on any atom is 0.304 e. The van der Waals surface area contributed by atoms with Crippen LogP contribution in [0.1, 0.15) is 46.5 Å². The van der Waals surface area contributed by atoms with Crippen LogP contribution in [-0.4, -0.2) is 16.9 Å². The molecule has 0 aliphatic heterocycles. The Labute approximate surface area is 84.5 Å². The Morgan fingerprint density at radius 3 is 2.36 bits per heavy atom. The molecule has 0 saturated heterocycles. The Morgan fingerprint density at radius 2 is 1.93 bits per heavy atom. The Bertz CT molecular complexity index is 268. The highest BCUT2D eigenvalue weighted by atomic mass is 16.4. The van der Waals surface area contributed by atoms with Crippen LogP contribution in [0.25, 0.3) is 0 Å². The lowest BCUT2D eigenvalue weighted by molar-refractivity contribution is -0.147. The molecule has 1 saturated carbocycles. The van der Waals surface area contributed by atoms with Crippen LogP contribution in [0.5, 0.6) is 0 Å². The van der Waals surface area contributed by atoms with Gasteiger partial charge in [-0.15, -0.1) is 0 Å². The van der Waals surface area contributed by atoms with E-state index in [4.69, 9.17) is 5.11 Å². The van der Waals surface area contributed by atoms with Crippen molar-refractivity contribution in [3.8, 4) is 0 Å². The second-order valence-corrected chi connectivity index (χ2v) is 5.40. The van der Waals surface area contributed by atoms with E-state index in [2.05, 4.69) is 13.8 Å². The van der Waals surface area contributed by atoms with Crippen molar-refractivity contribution in [1.82, 2.24) is 0 Å². The van der Waals surface area contributed by atoms with E-state index in [1.54, 1.807) is 6.92 Å². The van der Waals surface area contributed by atoms with Crippen LogP contribution in [-0.2, 0) is 9.59 Å². The van der Waals surface area contributed by atoms with Gasteiger partial charge in [-0.05, 0) is 18.3 Å². The molecule has 1 N–H and O–H groups in total. The monoisotopic (exact) mass is 198 g/mol. The van der Waals surface area contributed by atoms with Gasteiger partial charge in [0, 0.05) is 11.8 Å². The van der Waals surface area contributed by atoms with Gasteiger partial charge in [-0.1, -0.05) is 20.8 Å². The summed E-state index contributed by atoms with van der Waals surface area (Å²) in [6.45, 7) is 5.90. The number of carbonyl (C=O) groups excluding carboxylic acids is 1. The van der Waals surface area contributed by atoms with Crippen LogP contribution in [0.4, 0.5) is 0 Å². The average molecular weight is 198 g/mol. The Kier molecular flexibility index (Phi) is 2.70. The van der Waals surface area contributed by atoms with E-state index in [1.165, 1.54) is 0 Å². The predicted molar refractivity (Wildman–Crippen MR) is 53.0 cm³/mol. The minimum atomic E-state index is -0.874. The predicted octanol–water partition coefficient (Wildman–Crippen LogP) is 2.25. The number of carboxylic acids is 1. The largest absolute Gasteiger partial charge is 0.481 e. The van der Waals surface area contributed by atoms with Gasteiger partial charge < -0.3 is 5.11 Å². The number of ketones is 1. The zero-order valence-electron chi connectivity index (χ0n) is 9.09. The molecule has 3 heteroatoms. The second-order valence-electron chi connectivity index (χ2n) is 5.40. The van der Waals surface area contributed by atoms with E-state index in [-0.39, 0.29) is 17.6 Å². The fraction of sp³-hybridized carbons (Fsp3) is 0.818. The van der Waals surface area contributed by atoms with Crippen molar-refractivity contribution in [1.29, 1.82) is 0 Å². The first-order valence-corrected chi connectivity index (χ1v) is 5.00. The van der Waals surface area contributed by atoms with Gasteiger partial charge in [0.15, 0.2) is 0 Å². The molecular weight excluding hydrogens is 180 g/mol. The lowest BCUT2D eigenvalue weighted by Gasteiger charge is -2.39. The molecule has 3 nitrogen and oxygen atoms in total. The molecule has 1 unspecified atom stereocenters. The van der Waals surface area contributed by atoms with Gasteiger partial charge in [0.25, 0.3) is 0 Å². The van der Waals surface area contributed by atoms with Gasteiger partial charge in [0.1, 0.15) is 5.78 Å². The molecule has 0 aromatic rings. The fourth-order valence-electron chi connectivity index (χ4n) is 2.01. The third-order valence-electron chi connectivity index (χ3n) is 3.21. The topological polar surface area (TPSA) is 54.4 Å². The summed E-state index contributed by atoms with van der Waals surface area (Å²) in [5, 5.41) is 8.73. The van der Waals surface area contributed by atoms with Gasteiger partial charge in [0.05, 0.1) is 6.42 Å². The molecule has 1 aliphatic carbocycles. The second kappa shape index (κ2) is 3.37. The molecule has 1 aliphatic rings. The summed E-state index contributed by atoms with van der Waals surface area (Å²) < 4.78 is 0. The third kappa shape index (κ3) is 2.34. The van der Waals surface area contributed by atoms with Crippen LogP contribution in [0, 0.1) is 10.8 Å². The molecule has 0 heterocycles. The lowest BCUT2D eigenvalue weighted by atomic mass is 9.64. The summed E-state index contributed by atoms with van der Waals surface area (Å²) >= 11 is 0. The van der Waals surface area contributed by atoms with Gasteiger partial charge in [-0.3, -0.25) is 9.59 Å². The highest BCUT2D eigenvalue weighted by Gasteiger charge is 2.42. The molecule has 0 aromatic carbocycles. The molecule has 0 amide bonds. The summed E-state index contributed by atoms with van der Waals surface area (Å²) in [6, 6.07) is 0. The van der Waals surface area contributed by atoms with Crippen LogP contribution in [0.3, 0.4) is 0 Å². The van der Waals surface area contributed by atoms with Crippen LogP contribution >= 0.6 is 0 Å². The first-order valence-electron chi connectivity index (χ1n) is 5.00. The van der Waals surface area contributed by atoms with E-state index in [9.17, 15) is 9.59 Å². The quantitative estimate of drug-likeness (QED) is 0.740. The van der Waals surface area contributed by atoms with Crippen molar-refractivity contribution in [3.63, 3.8) is 0 Å². The average Bonchev–Trinajstić information content (AvgIpc) is 1.97. The molecule has 80 valence electrons. The van der Waals surface area contributed by atoms with Crippen LogP contribution in [0.15, 0.2) is 0 Å². The van der Waals surface area contributed by atoms with Gasteiger partial charge in [-0.25, -0.2) is 0 Å². The molecule has 0 bridgehead atoms. The first kappa shape index (κ1) is 11.2. The maximum atomic E-state index is 11.8. The highest BCUT2D eigenvalue weighted by molar-refractivity contribution is 5.89. The van der Waals surface area contributed by atoms with E-state index in [1.807, 2.05) is 0 Å². The summed E-state index contributed by atoms with van der Waals surface area (Å²) in [6.07, 6.45) is 2.12. The molecule has 1 atom stereocenters. The van der Waals surface area contributed by atoms with E-state index in [0.29, 0.717) is 12.8 Å². The standard InChI is InChI=1S/C11H18O3/c1-10(2)4-5-11(3,7-9(13)14)8(12)6-10/h4-7H2,1-3H3,(H,13,14). The number of rotatable bonds is 2. The minimum Gasteiger partial charge on any atom is -0.481 e. The van der Waals surface area contributed by atoms with Gasteiger partial charge >= 0.3 is 5.97 Å². The molecular formula is C11H18O3. The summed E-state index contributed by atoms with van der Waals surface area (Å²) in [5.74, 6) is -0.767. The number of hydrogen-bond acceptors (Lipinski definition) is 2. The SMILES string of the molecule is CC1(C)CCC(C)(CC(=O)O)C(=O)C1. The maximum absolute atomic E-state index is 11.8. The van der Waals surface area contributed by atoms with Crippen molar-refractivity contribution in [2.24, 2.45) is 10.8 Å². The van der Waals surface area contributed by atoms with E-state index in [0.717, 1.165) is 6.42 Å².